The molecular weight excluding hydrogens is 136 g/mol. The Morgan fingerprint density at radius 3 is 3.18 bits per heavy atom. The molecule has 2 atom stereocenters. The Hall–Kier alpha value is -0.590. The smallest absolute Gasteiger partial charge is 0.136 e. The topological polar surface area (TPSA) is 17.1 Å². The van der Waals surface area contributed by atoms with Gasteiger partial charge >= 0.3 is 0 Å². The van der Waals surface area contributed by atoms with Crippen LogP contribution >= 0.6 is 0 Å². The maximum Gasteiger partial charge on any atom is 0.136 e. The summed E-state index contributed by atoms with van der Waals surface area (Å²) in [4.78, 5) is 11.3. The molecule has 0 aromatic heterocycles. The van der Waals surface area contributed by atoms with Gasteiger partial charge in [0.1, 0.15) is 5.78 Å². The number of carbonyl (C=O) groups excluding carboxylic acids is 1. The molecular formula is C10H14O. The number of Topliss-reactive ketones (excluding diaryl/α,β-unsaturated/α-hetero) is 1. The minimum Gasteiger partial charge on any atom is -0.299 e. The van der Waals surface area contributed by atoms with Crippen LogP contribution < -0.4 is 0 Å². The predicted molar refractivity (Wildman–Crippen MR) is 44.2 cm³/mol. The van der Waals surface area contributed by atoms with Crippen molar-refractivity contribution in [2.75, 3.05) is 0 Å². The van der Waals surface area contributed by atoms with Crippen molar-refractivity contribution in [3.63, 3.8) is 0 Å². The first kappa shape index (κ1) is 7.08. The second-order valence-corrected chi connectivity index (χ2v) is 3.70. The number of hydrogen-bond donors (Lipinski definition) is 0. The normalized spacial score (nSPS) is 36.9. The zero-order valence-electron chi connectivity index (χ0n) is 6.75. The second kappa shape index (κ2) is 2.80. The number of hydrogen-bond acceptors (Lipinski definition) is 1. The molecule has 2 bridgehead atoms. The molecule has 0 aromatic carbocycles. The Kier molecular flexibility index (Phi) is 1.80. The van der Waals surface area contributed by atoms with Crippen LogP contribution in [0.2, 0.25) is 0 Å². The lowest BCUT2D eigenvalue weighted by Gasteiger charge is -2.23. The first-order valence-corrected chi connectivity index (χ1v) is 4.55. The third-order valence-electron chi connectivity index (χ3n) is 2.89. The van der Waals surface area contributed by atoms with Crippen LogP contribution in [0, 0.1) is 11.8 Å². The average Bonchev–Trinajstić information content (AvgIpc) is 2.21. The van der Waals surface area contributed by atoms with Crippen molar-refractivity contribution < 1.29 is 4.79 Å². The number of allylic oxidation sites excluding steroid dienone is 2. The minimum absolute atomic E-state index is 0.406. The molecule has 1 saturated carbocycles. The molecule has 0 radical (unpaired) electrons. The zero-order valence-corrected chi connectivity index (χ0v) is 6.75. The molecule has 1 heteroatoms. The van der Waals surface area contributed by atoms with E-state index in [2.05, 4.69) is 12.2 Å². The first-order chi connectivity index (χ1) is 5.36. The molecule has 11 heavy (non-hydrogen) atoms. The summed E-state index contributed by atoms with van der Waals surface area (Å²) < 4.78 is 0. The van der Waals surface area contributed by atoms with E-state index in [9.17, 15) is 4.79 Å². The van der Waals surface area contributed by atoms with Crippen molar-refractivity contribution >= 4 is 5.78 Å². The van der Waals surface area contributed by atoms with Gasteiger partial charge in [-0.25, -0.2) is 0 Å². The monoisotopic (exact) mass is 150 g/mol. The first-order valence-electron chi connectivity index (χ1n) is 4.55. The van der Waals surface area contributed by atoms with Gasteiger partial charge in [0.2, 0.25) is 0 Å². The summed E-state index contributed by atoms with van der Waals surface area (Å²) in [6.45, 7) is 0. The molecule has 0 spiro atoms. The van der Waals surface area contributed by atoms with Gasteiger partial charge in [0.25, 0.3) is 0 Å². The summed E-state index contributed by atoms with van der Waals surface area (Å²) in [6, 6.07) is 0. The van der Waals surface area contributed by atoms with Crippen LogP contribution in [0.5, 0.6) is 0 Å². The summed E-state index contributed by atoms with van der Waals surface area (Å²) in [7, 11) is 0. The number of rotatable bonds is 0. The van der Waals surface area contributed by atoms with E-state index in [-0.39, 0.29) is 0 Å². The molecule has 2 aliphatic carbocycles. The summed E-state index contributed by atoms with van der Waals surface area (Å²) in [5.41, 5.74) is 0. The van der Waals surface area contributed by atoms with Crippen LogP contribution in [0.15, 0.2) is 12.2 Å². The lowest BCUT2D eigenvalue weighted by atomic mass is 9.80. The zero-order chi connectivity index (χ0) is 7.68. The third-order valence-corrected chi connectivity index (χ3v) is 2.89. The Morgan fingerprint density at radius 1 is 1.36 bits per heavy atom. The molecule has 0 heterocycles. The van der Waals surface area contributed by atoms with Gasteiger partial charge in [0.15, 0.2) is 0 Å². The van der Waals surface area contributed by atoms with Gasteiger partial charge in [0.05, 0.1) is 0 Å². The van der Waals surface area contributed by atoms with Gasteiger partial charge in [-0.15, -0.1) is 0 Å². The molecule has 0 aromatic rings. The van der Waals surface area contributed by atoms with E-state index in [1.54, 1.807) is 0 Å². The third kappa shape index (κ3) is 1.37. The average molecular weight is 150 g/mol. The predicted octanol–water partition coefficient (Wildman–Crippen LogP) is 2.32. The van der Waals surface area contributed by atoms with E-state index in [0.29, 0.717) is 11.7 Å². The van der Waals surface area contributed by atoms with E-state index < -0.39 is 0 Å². The molecule has 0 aliphatic heterocycles. The summed E-state index contributed by atoms with van der Waals surface area (Å²) >= 11 is 0. The highest BCUT2D eigenvalue weighted by atomic mass is 16.1. The Morgan fingerprint density at radius 2 is 2.27 bits per heavy atom. The fourth-order valence-corrected chi connectivity index (χ4v) is 2.19. The van der Waals surface area contributed by atoms with E-state index in [4.69, 9.17) is 0 Å². The summed E-state index contributed by atoms with van der Waals surface area (Å²) in [5, 5.41) is 0. The van der Waals surface area contributed by atoms with Crippen molar-refractivity contribution in [3.05, 3.63) is 12.2 Å². The van der Waals surface area contributed by atoms with Gasteiger partial charge in [-0.2, -0.15) is 0 Å². The van der Waals surface area contributed by atoms with Crippen LogP contribution in [-0.4, -0.2) is 5.78 Å². The number of carbonyl (C=O) groups is 1. The quantitative estimate of drug-likeness (QED) is 0.484. The van der Waals surface area contributed by atoms with Crippen LogP contribution in [0.4, 0.5) is 0 Å². The van der Waals surface area contributed by atoms with Gasteiger partial charge < -0.3 is 0 Å². The fraction of sp³-hybridized carbons (Fsp3) is 0.700. The molecule has 2 aliphatic rings. The Balaban J connectivity index is 2.13. The van der Waals surface area contributed by atoms with Crippen molar-refractivity contribution in [1.82, 2.24) is 0 Å². The van der Waals surface area contributed by atoms with Crippen molar-refractivity contribution in [1.29, 1.82) is 0 Å². The summed E-state index contributed by atoms with van der Waals surface area (Å²) in [6.07, 6.45) is 9.86. The molecule has 1 fully saturated rings. The van der Waals surface area contributed by atoms with Gasteiger partial charge in [-0.1, -0.05) is 12.2 Å². The minimum atomic E-state index is 0.406. The van der Waals surface area contributed by atoms with Crippen molar-refractivity contribution in [2.45, 2.75) is 32.1 Å². The molecule has 0 amide bonds. The lowest BCUT2D eigenvalue weighted by molar-refractivity contribution is -0.125. The Bertz CT molecular complexity index is 193. The SMILES string of the molecule is O=C1CC[C@H]2C=CCC[C@@H]1C2. The molecule has 2 rings (SSSR count). The molecule has 0 N–H and O–H groups in total. The second-order valence-electron chi connectivity index (χ2n) is 3.70. The summed E-state index contributed by atoms with van der Waals surface area (Å²) in [5.74, 6) is 1.65. The number of ketones is 1. The van der Waals surface area contributed by atoms with E-state index >= 15 is 0 Å². The van der Waals surface area contributed by atoms with Gasteiger partial charge in [0, 0.05) is 12.3 Å². The molecule has 0 saturated heterocycles. The highest BCUT2D eigenvalue weighted by Crippen LogP contribution is 2.32. The lowest BCUT2D eigenvalue weighted by Crippen LogP contribution is -2.22. The molecule has 1 nitrogen and oxygen atoms in total. The van der Waals surface area contributed by atoms with Crippen LogP contribution in [0.25, 0.3) is 0 Å². The van der Waals surface area contributed by atoms with Crippen LogP contribution in [-0.2, 0) is 4.79 Å². The van der Waals surface area contributed by atoms with Crippen LogP contribution in [0.1, 0.15) is 32.1 Å². The highest BCUT2D eigenvalue weighted by Gasteiger charge is 2.27. The molecule has 0 unspecified atom stereocenters. The standard InChI is InChI=1S/C10H14O/c11-10-6-5-8-3-1-2-4-9(10)7-8/h1,3,8-9H,2,4-7H2/t8-,9-/m1/s1. The van der Waals surface area contributed by atoms with Gasteiger partial charge in [-0.05, 0) is 31.6 Å². The van der Waals surface area contributed by atoms with Crippen molar-refractivity contribution in [2.24, 2.45) is 11.8 Å². The van der Waals surface area contributed by atoms with E-state index in [0.717, 1.165) is 38.0 Å². The largest absolute Gasteiger partial charge is 0.299 e. The fourth-order valence-electron chi connectivity index (χ4n) is 2.19. The van der Waals surface area contributed by atoms with Crippen molar-refractivity contribution in [3.8, 4) is 0 Å². The Labute approximate surface area is 67.5 Å². The van der Waals surface area contributed by atoms with Gasteiger partial charge in [-0.3, -0.25) is 4.79 Å². The maximum atomic E-state index is 11.3. The molecule has 60 valence electrons. The maximum absolute atomic E-state index is 11.3. The van der Waals surface area contributed by atoms with E-state index in [1.165, 1.54) is 0 Å². The van der Waals surface area contributed by atoms with Crippen LogP contribution in [0.3, 0.4) is 0 Å². The van der Waals surface area contributed by atoms with E-state index in [1.807, 2.05) is 0 Å². The highest BCUT2D eigenvalue weighted by molar-refractivity contribution is 5.81. The number of fused-ring (bicyclic) bond motifs is 2.